The summed E-state index contributed by atoms with van der Waals surface area (Å²) in [5.74, 6) is -1.25. The number of halogens is 3. The van der Waals surface area contributed by atoms with Crippen molar-refractivity contribution in [2.24, 2.45) is 5.73 Å². The zero-order valence-corrected chi connectivity index (χ0v) is 10.4. The van der Waals surface area contributed by atoms with Crippen LogP contribution in [0.2, 0.25) is 0 Å². The van der Waals surface area contributed by atoms with Crippen molar-refractivity contribution >= 4 is 15.9 Å². The predicted molar refractivity (Wildman–Crippen MR) is 66.5 cm³/mol. The molecule has 1 unspecified atom stereocenters. The minimum absolute atomic E-state index is 0.102. The van der Waals surface area contributed by atoms with Crippen LogP contribution in [-0.2, 0) is 0 Å². The first-order chi connectivity index (χ1) is 8.09. The average Bonchev–Trinajstić information content (AvgIpc) is 2.29. The summed E-state index contributed by atoms with van der Waals surface area (Å²) in [6, 6.07) is 9.98. The van der Waals surface area contributed by atoms with Crippen LogP contribution in [0.25, 0.3) is 0 Å². The summed E-state index contributed by atoms with van der Waals surface area (Å²) in [6.45, 7) is 0. The molecule has 0 aliphatic heterocycles. The lowest BCUT2D eigenvalue weighted by Gasteiger charge is -2.14. The van der Waals surface area contributed by atoms with Crippen LogP contribution in [0.3, 0.4) is 0 Å². The van der Waals surface area contributed by atoms with Crippen LogP contribution in [-0.4, -0.2) is 0 Å². The third kappa shape index (κ3) is 2.53. The molecule has 2 N–H and O–H groups in total. The first-order valence-electron chi connectivity index (χ1n) is 5.04. The molecule has 0 saturated carbocycles. The van der Waals surface area contributed by atoms with Gasteiger partial charge in [0.2, 0.25) is 0 Å². The number of benzene rings is 2. The zero-order valence-electron chi connectivity index (χ0n) is 8.83. The first kappa shape index (κ1) is 12.2. The van der Waals surface area contributed by atoms with Gasteiger partial charge in [-0.1, -0.05) is 34.1 Å². The van der Waals surface area contributed by atoms with Gasteiger partial charge in [0.25, 0.3) is 0 Å². The van der Waals surface area contributed by atoms with Gasteiger partial charge in [-0.3, -0.25) is 0 Å². The summed E-state index contributed by atoms with van der Waals surface area (Å²) in [4.78, 5) is 0. The highest BCUT2D eigenvalue weighted by Crippen LogP contribution is 2.25. The van der Waals surface area contributed by atoms with Crippen LogP contribution < -0.4 is 5.73 Å². The van der Waals surface area contributed by atoms with Gasteiger partial charge in [0.05, 0.1) is 6.04 Å². The van der Waals surface area contributed by atoms with Crippen molar-refractivity contribution in [1.29, 1.82) is 0 Å². The number of nitrogens with two attached hydrogens (primary N) is 1. The Kier molecular flexibility index (Phi) is 3.54. The Bertz CT molecular complexity index is 505. The van der Waals surface area contributed by atoms with Crippen molar-refractivity contribution in [3.63, 3.8) is 0 Å². The molecule has 88 valence electrons. The van der Waals surface area contributed by atoms with Crippen LogP contribution in [0.1, 0.15) is 17.2 Å². The van der Waals surface area contributed by atoms with Crippen molar-refractivity contribution in [2.75, 3.05) is 0 Å². The highest BCUT2D eigenvalue weighted by Gasteiger charge is 2.17. The molecule has 0 bridgehead atoms. The summed E-state index contributed by atoms with van der Waals surface area (Å²) in [5, 5.41) is 0. The second kappa shape index (κ2) is 4.94. The van der Waals surface area contributed by atoms with E-state index in [1.807, 2.05) is 0 Å². The molecule has 2 aromatic rings. The van der Waals surface area contributed by atoms with E-state index in [0.29, 0.717) is 5.56 Å². The quantitative estimate of drug-likeness (QED) is 0.897. The van der Waals surface area contributed by atoms with Crippen LogP contribution in [0, 0.1) is 11.6 Å². The molecule has 0 spiro atoms. The monoisotopic (exact) mass is 297 g/mol. The van der Waals surface area contributed by atoms with E-state index in [4.69, 9.17) is 5.73 Å². The van der Waals surface area contributed by atoms with E-state index in [0.717, 1.165) is 4.47 Å². The molecule has 0 amide bonds. The molecule has 0 heterocycles. The molecule has 2 aromatic carbocycles. The third-order valence-corrected chi connectivity index (χ3v) is 3.07. The number of hydrogen-bond acceptors (Lipinski definition) is 1. The van der Waals surface area contributed by atoms with E-state index in [2.05, 4.69) is 15.9 Å². The topological polar surface area (TPSA) is 26.0 Å². The summed E-state index contributed by atoms with van der Waals surface area (Å²) in [5.41, 5.74) is 6.43. The first-order valence-corrected chi connectivity index (χ1v) is 5.84. The maximum atomic E-state index is 13.5. The van der Waals surface area contributed by atoms with Gasteiger partial charge in [0.1, 0.15) is 11.6 Å². The fraction of sp³-hybridized carbons (Fsp3) is 0.0769. The van der Waals surface area contributed by atoms with Gasteiger partial charge in [-0.05, 0) is 29.8 Å². The minimum atomic E-state index is -0.802. The van der Waals surface area contributed by atoms with Gasteiger partial charge in [-0.25, -0.2) is 8.78 Å². The fourth-order valence-corrected chi connectivity index (χ4v) is 1.91. The Morgan fingerprint density at radius 2 is 1.47 bits per heavy atom. The highest BCUT2D eigenvalue weighted by molar-refractivity contribution is 9.10. The molecular formula is C13H10BrF2N. The van der Waals surface area contributed by atoms with Gasteiger partial charge in [0.15, 0.2) is 0 Å². The SMILES string of the molecule is NC(c1ccc(Br)cc1)c1c(F)cccc1F. The molecule has 17 heavy (non-hydrogen) atoms. The van der Waals surface area contributed by atoms with Crippen molar-refractivity contribution < 1.29 is 8.78 Å². The molecule has 0 saturated heterocycles. The van der Waals surface area contributed by atoms with Crippen molar-refractivity contribution in [1.82, 2.24) is 0 Å². The van der Waals surface area contributed by atoms with Gasteiger partial charge in [-0.2, -0.15) is 0 Å². The summed E-state index contributed by atoms with van der Waals surface area (Å²) < 4.78 is 28.0. The van der Waals surface area contributed by atoms with Crippen molar-refractivity contribution in [2.45, 2.75) is 6.04 Å². The van der Waals surface area contributed by atoms with Crippen LogP contribution in [0.15, 0.2) is 46.9 Å². The van der Waals surface area contributed by atoms with Gasteiger partial charge < -0.3 is 5.73 Å². The predicted octanol–water partition coefficient (Wildman–Crippen LogP) is 3.78. The van der Waals surface area contributed by atoms with Crippen molar-refractivity contribution in [3.05, 3.63) is 69.7 Å². The number of rotatable bonds is 2. The lowest BCUT2D eigenvalue weighted by Crippen LogP contribution is -2.15. The lowest BCUT2D eigenvalue weighted by molar-refractivity contribution is 0.543. The maximum Gasteiger partial charge on any atom is 0.131 e. The van der Waals surface area contributed by atoms with Gasteiger partial charge in [0, 0.05) is 10.0 Å². The van der Waals surface area contributed by atoms with Gasteiger partial charge >= 0.3 is 0 Å². The molecule has 0 aliphatic rings. The standard InChI is InChI=1S/C13H10BrF2N/c14-9-6-4-8(5-7-9)13(17)12-10(15)2-1-3-11(12)16/h1-7,13H,17H2. The van der Waals surface area contributed by atoms with E-state index in [1.165, 1.54) is 18.2 Å². The molecule has 0 aromatic heterocycles. The zero-order chi connectivity index (χ0) is 12.4. The highest BCUT2D eigenvalue weighted by atomic mass is 79.9. The molecule has 4 heteroatoms. The third-order valence-electron chi connectivity index (χ3n) is 2.54. The maximum absolute atomic E-state index is 13.5. The Hall–Kier alpha value is -1.26. The molecule has 2 rings (SSSR count). The lowest BCUT2D eigenvalue weighted by atomic mass is 9.99. The van der Waals surface area contributed by atoms with E-state index in [9.17, 15) is 8.78 Å². The largest absolute Gasteiger partial charge is 0.320 e. The van der Waals surface area contributed by atoms with E-state index in [-0.39, 0.29) is 5.56 Å². The normalized spacial score (nSPS) is 12.5. The van der Waals surface area contributed by atoms with Crippen LogP contribution in [0.5, 0.6) is 0 Å². The van der Waals surface area contributed by atoms with E-state index >= 15 is 0 Å². The summed E-state index contributed by atoms with van der Waals surface area (Å²) in [6.07, 6.45) is 0. The molecular weight excluding hydrogens is 288 g/mol. The Morgan fingerprint density at radius 3 is 2.00 bits per heavy atom. The molecule has 0 radical (unpaired) electrons. The smallest absolute Gasteiger partial charge is 0.131 e. The Balaban J connectivity index is 2.43. The second-order valence-electron chi connectivity index (χ2n) is 3.66. The number of hydrogen-bond donors (Lipinski definition) is 1. The van der Waals surface area contributed by atoms with Crippen LogP contribution in [0.4, 0.5) is 8.78 Å². The Morgan fingerprint density at radius 1 is 0.941 bits per heavy atom. The van der Waals surface area contributed by atoms with Crippen LogP contribution >= 0.6 is 15.9 Å². The minimum Gasteiger partial charge on any atom is -0.320 e. The van der Waals surface area contributed by atoms with E-state index in [1.54, 1.807) is 24.3 Å². The Labute approximate surface area is 106 Å². The fourth-order valence-electron chi connectivity index (χ4n) is 1.64. The summed E-state index contributed by atoms with van der Waals surface area (Å²) in [7, 11) is 0. The van der Waals surface area contributed by atoms with Gasteiger partial charge in [-0.15, -0.1) is 0 Å². The molecule has 0 aliphatic carbocycles. The summed E-state index contributed by atoms with van der Waals surface area (Å²) >= 11 is 3.29. The molecule has 0 fully saturated rings. The molecule has 1 atom stereocenters. The second-order valence-corrected chi connectivity index (χ2v) is 4.58. The molecule has 1 nitrogen and oxygen atoms in total. The van der Waals surface area contributed by atoms with E-state index < -0.39 is 17.7 Å². The average molecular weight is 298 g/mol. The van der Waals surface area contributed by atoms with Crippen molar-refractivity contribution in [3.8, 4) is 0 Å².